The molecule has 2 bridgehead atoms. The van der Waals surface area contributed by atoms with E-state index in [9.17, 15) is 9.90 Å². The van der Waals surface area contributed by atoms with Gasteiger partial charge in [0.15, 0.2) is 0 Å². The molecule has 1 N–H and O–H groups in total. The first-order valence-electron chi connectivity index (χ1n) is 6.81. The summed E-state index contributed by atoms with van der Waals surface area (Å²) in [6.07, 6.45) is 4.52. The summed E-state index contributed by atoms with van der Waals surface area (Å²) in [5, 5.41) is 9.85. The van der Waals surface area contributed by atoms with Gasteiger partial charge in [-0.25, -0.2) is 0 Å². The molecule has 3 heteroatoms. The molecular formula is C15H19NO2. The highest BCUT2D eigenvalue weighted by Crippen LogP contribution is 2.35. The van der Waals surface area contributed by atoms with E-state index in [-0.39, 0.29) is 24.1 Å². The topological polar surface area (TPSA) is 40.5 Å². The van der Waals surface area contributed by atoms with E-state index in [1.165, 1.54) is 6.42 Å². The van der Waals surface area contributed by atoms with Crippen LogP contribution in [0.15, 0.2) is 30.3 Å². The Kier molecular flexibility index (Phi) is 3.08. The van der Waals surface area contributed by atoms with Gasteiger partial charge in [-0.05, 0) is 44.2 Å². The lowest BCUT2D eigenvalue weighted by atomic mass is 9.82. The minimum Gasteiger partial charge on any atom is -0.393 e. The second kappa shape index (κ2) is 4.73. The first-order chi connectivity index (χ1) is 8.75. The van der Waals surface area contributed by atoms with Gasteiger partial charge >= 0.3 is 0 Å². The van der Waals surface area contributed by atoms with E-state index in [4.69, 9.17) is 0 Å². The molecular weight excluding hydrogens is 226 g/mol. The van der Waals surface area contributed by atoms with Crippen LogP contribution in [0, 0.1) is 0 Å². The predicted molar refractivity (Wildman–Crippen MR) is 69.3 cm³/mol. The fraction of sp³-hybridized carbons (Fsp3) is 0.533. The molecule has 0 spiro atoms. The molecule has 96 valence electrons. The molecule has 2 saturated heterocycles. The number of benzene rings is 1. The summed E-state index contributed by atoms with van der Waals surface area (Å²) in [5.74, 6) is 0.136. The van der Waals surface area contributed by atoms with Crippen LogP contribution in [0.1, 0.15) is 42.5 Å². The van der Waals surface area contributed by atoms with Crippen molar-refractivity contribution >= 4 is 5.91 Å². The Hall–Kier alpha value is -1.35. The molecule has 1 aromatic rings. The molecule has 1 amide bonds. The lowest BCUT2D eigenvalue weighted by molar-refractivity contribution is -0.0150. The molecule has 3 atom stereocenters. The second-order valence-electron chi connectivity index (χ2n) is 5.44. The van der Waals surface area contributed by atoms with E-state index >= 15 is 0 Å². The molecule has 2 heterocycles. The van der Waals surface area contributed by atoms with E-state index in [0.717, 1.165) is 31.2 Å². The van der Waals surface area contributed by atoms with Gasteiger partial charge in [0.05, 0.1) is 6.10 Å². The number of aliphatic hydroxyl groups is 1. The molecule has 0 radical (unpaired) electrons. The van der Waals surface area contributed by atoms with Gasteiger partial charge in [0.2, 0.25) is 0 Å². The van der Waals surface area contributed by atoms with Crippen molar-refractivity contribution in [3.05, 3.63) is 35.9 Å². The van der Waals surface area contributed by atoms with Crippen molar-refractivity contribution in [3.63, 3.8) is 0 Å². The summed E-state index contributed by atoms with van der Waals surface area (Å²) in [7, 11) is 0. The number of hydrogen-bond acceptors (Lipinski definition) is 2. The minimum absolute atomic E-state index is 0.136. The van der Waals surface area contributed by atoms with E-state index in [0.29, 0.717) is 0 Å². The summed E-state index contributed by atoms with van der Waals surface area (Å²) in [6, 6.07) is 9.97. The zero-order valence-corrected chi connectivity index (χ0v) is 10.5. The predicted octanol–water partition coefficient (Wildman–Crippen LogP) is 2.20. The molecule has 3 nitrogen and oxygen atoms in total. The van der Waals surface area contributed by atoms with Crippen LogP contribution in [-0.4, -0.2) is 34.1 Å². The van der Waals surface area contributed by atoms with Gasteiger partial charge in [0, 0.05) is 17.6 Å². The average molecular weight is 245 g/mol. The Morgan fingerprint density at radius 3 is 2.33 bits per heavy atom. The molecule has 0 aliphatic carbocycles. The summed E-state index contributed by atoms with van der Waals surface area (Å²) >= 11 is 0. The number of nitrogens with zero attached hydrogens (tertiary/aromatic N) is 1. The number of piperidine rings is 2. The maximum absolute atomic E-state index is 12.6. The molecule has 18 heavy (non-hydrogen) atoms. The monoisotopic (exact) mass is 245 g/mol. The molecule has 2 fully saturated rings. The van der Waals surface area contributed by atoms with Crippen LogP contribution in [0.5, 0.6) is 0 Å². The summed E-state index contributed by atoms with van der Waals surface area (Å²) in [5.41, 5.74) is 0.769. The van der Waals surface area contributed by atoms with Gasteiger partial charge < -0.3 is 10.0 Å². The zero-order chi connectivity index (χ0) is 12.5. The normalized spacial score (nSPS) is 31.2. The standard InChI is InChI=1S/C15H19NO2/c17-14-9-12-7-4-8-13(10-14)16(12)15(18)11-5-2-1-3-6-11/h1-3,5-6,12-14,17H,4,7-10H2/t12-,13+,14?. The molecule has 1 aromatic carbocycles. The number of fused-ring (bicyclic) bond motifs is 2. The number of amides is 1. The number of rotatable bonds is 1. The minimum atomic E-state index is -0.222. The van der Waals surface area contributed by atoms with Crippen molar-refractivity contribution in [2.75, 3.05) is 0 Å². The van der Waals surface area contributed by atoms with Crippen LogP contribution >= 0.6 is 0 Å². The van der Waals surface area contributed by atoms with Crippen molar-refractivity contribution in [2.24, 2.45) is 0 Å². The Labute approximate surface area is 107 Å². The van der Waals surface area contributed by atoms with Gasteiger partial charge in [-0.3, -0.25) is 4.79 Å². The van der Waals surface area contributed by atoms with Crippen LogP contribution in [-0.2, 0) is 0 Å². The quantitative estimate of drug-likeness (QED) is 0.824. The van der Waals surface area contributed by atoms with Gasteiger partial charge in [0.1, 0.15) is 0 Å². The first kappa shape index (κ1) is 11.7. The highest BCUT2D eigenvalue weighted by molar-refractivity contribution is 5.94. The zero-order valence-electron chi connectivity index (χ0n) is 10.5. The third-order valence-electron chi connectivity index (χ3n) is 4.21. The Morgan fingerprint density at radius 1 is 1.11 bits per heavy atom. The molecule has 1 unspecified atom stereocenters. The molecule has 0 saturated carbocycles. The van der Waals surface area contributed by atoms with Crippen molar-refractivity contribution < 1.29 is 9.90 Å². The fourth-order valence-corrected chi connectivity index (χ4v) is 3.41. The Bertz CT molecular complexity index is 417. The lowest BCUT2D eigenvalue weighted by Crippen LogP contribution is -2.55. The van der Waals surface area contributed by atoms with Crippen molar-refractivity contribution in [3.8, 4) is 0 Å². The van der Waals surface area contributed by atoms with Crippen molar-refractivity contribution in [2.45, 2.75) is 50.3 Å². The van der Waals surface area contributed by atoms with Gasteiger partial charge in [-0.1, -0.05) is 18.2 Å². The Balaban J connectivity index is 1.85. The fourth-order valence-electron chi connectivity index (χ4n) is 3.41. The van der Waals surface area contributed by atoms with Crippen LogP contribution in [0.3, 0.4) is 0 Å². The van der Waals surface area contributed by atoms with Gasteiger partial charge in [-0.15, -0.1) is 0 Å². The maximum atomic E-state index is 12.6. The van der Waals surface area contributed by atoms with E-state index < -0.39 is 0 Å². The van der Waals surface area contributed by atoms with Crippen LogP contribution in [0.25, 0.3) is 0 Å². The SMILES string of the molecule is O=C(c1ccccc1)N1[C@@H]2CCC[C@H]1CC(O)C2. The highest BCUT2D eigenvalue weighted by Gasteiger charge is 2.40. The third kappa shape index (κ3) is 2.03. The molecule has 2 aliphatic rings. The lowest BCUT2D eigenvalue weighted by Gasteiger charge is -2.47. The van der Waals surface area contributed by atoms with E-state index in [1.54, 1.807) is 0 Å². The summed E-state index contributed by atoms with van der Waals surface area (Å²) < 4.78 is 0. The van der Waals surface area contributed by atoms with Crippen LogP contribution < -0.4 is 0 Å². The maximum Gasteiger partial charge on any atom is 0.254 e. The van der Waals surface area contributed by atoms with Crippen LogP contribution in [0.2, 0.25) is 0 Å². The van der Waals surface area contributed by atoms with Gasteiger partial charge in [0.25, 0.3) is 5.91 Å². The Morgan fingerprint density at radius 2 is 1.72 bits per heavy atom. The molecule has 0 aromatic heterocycles. The first-order valence-corrected chi connectivity index (χ1v) is 6.81. The molecule has 3 rings (SSSR count). The summed E-state index contributed by atoms with van der Waals surface area (Å²) in [6.45, 7) is 0. The van der Waals surface area contributed by atoms with Crippen molar-refractivity contribution in [1.82, 2.24) is 4.90 Å². The van der Waals surface area contributed by atoms with Crippen LogP contribution in [0.4, 0.5) is 0 Å². The number of carbonyl (C=O) groups excluding carboxylic acids is 1. The van der Waals surface area contributed by atoms with Crippen molar-refractivity contribution in [1.29, 1.82) is 0 Å². The smallest absolute Gasteiger partial charge is 0.254 e. The second-order valence-corrected chi connectivity index (χ2v) is 5.44. The number of carbonyl (C=O) groups is 1. The number of hydrogen-bond donors (Lipinski definition) is 1. The molecule has 2 aliphatic heterocycles. The van der Waals surface area contributed by atoms with Gasteiger partial charge in [-0.2, -0.15) is 0 Å². The highest BCUT2D eigenvalue weighted by atomic mass is 16.3. The van der Waals surface area contributed by atoms with E-state index in [2.05, 4.69) is 0 Å². The largest absolute Gasteiger partial charge is 0.393 e. The number of aliphatic hydroxyl groups excluding tert-OH is 1. The third-order valence-corrected chi connectivity index (χ3v) is 4.21. The van der Waals surface area contributed by atoms with E-state index in [1.807, 2.05) is 35.2 Å². The summed E-state index contributed by atoms with van der Waals surface area (Å²) in [4.78, 5) is 14.6. The average Bonchev–Trinajstić information content (AvgIpc) is 2.38.